The summed E-state index contributed by atoms with van der Waals surface area (Å²) in [7, 11) is 0. The summed E-state index contributed by atoms with van der Waals surface area (Å²) in [5.74, 6) is -0.327. The molecular formula is C26H23ClFN3O2S. The second kappa shape index (κ2) is 12.7. The first kappa shape index (κ1) is 25.2. The van der Waals surface area contributed by atoms with Crippen molar-refractivity contribution in [1.29, 1.82) is 5.26 Å². The predicted molar refractivity (Wildman–Crippen MR) is 135 cm³/mol. The van der Waals surface area contributed by atoms with Gasteiger partial charge < -0.3 is 15.4 Å². The smallest absolute Gasteiger partial charge is 0.264 e. The molecule has 0 aromatic heterocycles. The number of halogens is 2. The first-order chi connectivity index (χ1) is 16.5. The molecule has 5 nitrogen and oxygen atoms in total. The number of rotatable bonds is 10. The van der Waals surface area contributed by atoms with E-state index in [9.17, 15) is 14.4 Å². The van der Waals surface area contributed by atoms with Crippen LogP contribution in [0.15, 0.2) is 83.4 Å². The van der Waals surface area contributed by atoms with Gasteiger partial charge in [0.15, 0.2) is 0 Å². The topological polar surface area (TPSA) is 74.1 Å². The van der Waals surface area contributed by atoms with Gasteiger partial charge in [-0.3, -0.25) is 4.79 Å². The van der Waals surface area contributed by atoms with E-state index in [2.05, 4.69) is 10.6 Å². The van der Waals surface area contributed by atoms with Gasteiger partial charge in [0.1, 0.15) is 23.2 Å². The number of nitrogens with zero attached hydrogens (tertiary/aromatic N) is 1. The highest BCUT2D eigenvalue weighted by atomic mass is 35.5. The van der Waals surface area contributed by atoms with E-state index in [4.69, 9.17) is 16.3 Å². The molecule has 2 N–H and O–H groups in total. The summed E-state index contributed by atoms with van der Waals surface area (Å²) in [6.45, 7) is 2.57. The molecule has 34 heavy (non-hydrogen) atoms. The number of hydrogen-bond donors (Lipinski definition) is 2. The normalized spacial score (nSPS) is 11.2. The first-order valence-corrected chi connectivity index (χ1v) is 11.9. The maximum absolute atomic E-state index is 14.3. The highest BCUT2D eigenvalue weighted by molar-refractivity contribution is 8.02. The summed E-state index contributed by atoms with van der Waals surface area (Å²) >= 11 is 7.29. The number of benzene rings is 3. The molecule has 174 valence electrons. The van der Waals surface area contributed by atoms with E-state index < -0.39 is 11.7 Å². The number of para-hydroxylation sites is 2. The lowest BCUT2D eigenvalue weighted by molar-refractivity contribution is -0.117. The second-order valence-electron chi connectivity index (χ2n) is 7.03. The fraction of sp³-hybridized carbons (Fsp3) is 0.154. The number of thioether (sulfide) groups is 1. The zero-order valence-corrected chi connectivity index (χ0v) is 20.0. The van der Waals surface area contributed by atoms with Crippen LogP contribution in [0.3, 0.4) is 0 Å². The Morgan fingerprint density at radius 1 is 1.09 bits per heavy atom. The van der Waals surface area contributed by atoms with E-state index in [1.54, 1.807) is 18.2 Å². The molecule has 3 rings (SSSR count). The largest absolute Gasteiger partial charge is 0.492 e. The predicted octanol–water partition coefficient (Wildman–Crippen LogP) is 6.27. The molecule has 0 aliphatic carbocycles. The van der Waals surface area contributed by atoms with Gasteiger partial charge in [0.2, 0.25) is 0 Å². The summed E-state index contributed by atoms with van der Waals surface area (Å²) in [5.41, 5.74) is 1.64. The van der Waals surface area contributed by atoms with E-state index >= 15 is 0 Å². The molecule has 0 aliphatic heterocycles. The van der Waals surface area contributed by atoms with Crippen molar-refractivity contribution in [3.63, 3.8) is 0 Å². The lowest BCUT2D eigenvalue weighted by Crippen LogP contribution is -2.25. The summed E-state index contributed by atoms with van der Waals surface area (Å²) in [5, 5.41) is 16.3. The highest BCUT2D eigenvalue weighted by Gasteiger charge is 2.19. The van der Waals surface area contributed by atoms with E-state index in [1.807, 2.05) is 55.5 Å². The van der Waals surface area contributed by atoms with Crippen LogP contribution in [-0.4, -0.2) is 12.5 Å². The monoisotopic (exact) mass is 495 g/mol. The zero-order valence-electron chi connectivity index (χ0n) is 18.5. The Bertz CT molecular complexity index is 1190. The van der Waals surface area contributed by atoms with Crippen LogP contribution in [0.4, 0.5) is 10.1 Å². The van der Waals surface area contributed by atoms with Crippen molar-refractivity contribution in [2.75, 3.05) is 11.9 Å². The van der Waals surface area contributed by atoms with Crippen LogP contribution in [0.1, 0.15) is 18.1 Å². The van der Waals surface area contributed by atoms with Crippen molar-refractivity contribution in [3.05, 3.63) is 105 Å². The van der Waals surface area contributed by atoms with E-state index in [0.717, 1.165) is 17.3 Å². The minimum absolute atomic E-state index is 0.113. The Kier molecular flexibility index (Phi) is 9.39. The van der Waals surface area contributed by atoms with Crippen molar-refractivity contribution in [2.45, 2.75) is 19.2 Å². The summed E-state index contributed by atoms with van der Waals surface area (Å²) in [6, 6.07) is 23.0. The van der Waals surface area contributed by atoms with Gasteiger partial charge in [-0.2, -0.15) is 5.26 Å². The molecule has 0 unspecified atom stereocenters. The molecule has 0 bridgehead atoms. The minimum Gasteiger partial charge on any atom is -0.492 e. The number of amides is 1. The minimum atomic E-state index is -0.546. The molecule has 0 saturated carbocycles. The number of nitriles is 1. The van der Waals surface area contributed by atoms with Crippen molar-refractivity contribution in [1.82, 2.24) is 5.32 Å². The molecule has 3 aromatic carbocycles. The van der Waals surface area contributed by atoms with Gasteiger partial charge in [0, 0.05) is 22.9 Å². The van der Waals surface area contributed by atoms with Crippen molar-refractivity contribution >= 4 is 35.0 Å². The maximum atomic E-state index is 14.3. The van der Waals surface area contributed by atoms with Crippen molar-refractivity contribution < 1.29 is 13.9 Å². The van der Waals surface area contributed by atoms with Crippen LogP contribution in [0.25, 0.3) is 0 Å². The number of hydrogen-bond acceptors (Lipinski definition) is 5. The Balaban J connectivity index is 1.92. The maximum Gasteiger partial charge on any atom is 0.264 e. The highest BCUT2D eigenvalue weighted by Crippen LogP contribution is 2.33. The summed E-state index contributed by atoms with van der Waals surface area (Å²) in [6.07, 6.45) is 0. The lowest BCUT2D eigenvalue weighted by Gasteiger charge is -2.17. The van der Waals surface area contributed by atoms with Crippen LogP contribution >= 0.6 is 23.4 Å². The fourth-order valence-corrected chi connectivity index (χ4v) is 4.39. The standard InChI is InChI=1S/C26H23ClFN3O2S/c1-2-33-24-14-7-6-13-23(24)31-26(34-17-20-21(27)11-8-12-22(20)28)19(15-29)25(32)30-16-18-9-4-3-5-10-18/h3-14,31H,2,16-17H2,1H3,(H,30,32)/b26-19+. The van der Waals surface area contributed by atoms with Gasteiger partial charge in [-0.1, -0.05) is 60.1 Å². The SMILES string of the molecule is CCOc1ccccc1N/C(SCc1c(F)cccc1Cl)=C(/C#N)C(=O)NCc1ccccc1. The molecule has 1 amide bonds. The Hall–Kier alpha value is -3.47. The van der Waals surface area contributed by atoms with Crippen molar-refractivity contribution in [2.24, 2.45) is 0 Å². The Labute approximate surface area is 207 Å². The number of anilines is 1. The third-order valence-corrected chi connectivity index (χ3v) is 6.10. The molecule has 0 heterocycles. The van der Waals surface area contributed by atoms with Crippen LogP contribution < -0.4 is 15.4 Å². The van der Waals surface area contributed by atoms with E-state index in [1.165, 1.54) is 12.1 Å². The van der Waals surface area contributed by atoms with Gasteiger partial charge in [-0.05, 0) is 36.8 Å². The van der Waals surface area contributed by atoms with Crippen LogP contribution in [-0.2, 0) is 17.1 Å². The van der Waals surface area contributed by atoms with E-state index in [0.29, 0.717) is 18.0 Å². The molecule has 3 aromatic rings. The molecule has 0 fully saturated rings. The average Bonchev–Trinajstić information content (AvgIpc) is 2.84. The van der Waals surface area contributed by atoms with Crippen LogP contribution in [0.5, 0.6) is 5.75 Å². The van der Waals surface area contributed by atoms with E-state index in [-0.39, 0.29) is 33.5 Å². The Morgan fingerprint density at radius 3 is 2.53 bits per heavy atom. The second-order valence-corrected chi connectivity index (χ2v) is 8.42. The number of carbonyl (C=O) groups is 1. The number of ether oxygens (including phenoxy) is 1. The van der Waals surface area contributed by atoms with Crippen molar-refractivity contribution in [3.8, 4) is 11.8 Å². The molecule has 8 heteroatoms. The number of nitrogens with one attached hydrogen (secondary N) is 2. The lowest BCUT2D eigenvalue weighted by atomic mass is 10.2. The summed E-state index contributed by atoms with van der Waals surface area (Å²) < 4.78 is 20.0. The third-order valence-electron chi connectivity index (χ3n) is 4.72. The fourth-order valence-electron chi connectivity index (χ4n) is 3.03. The van der Waals surface area contributed by atoms with Gasteiger partial charge in [0.25, 0.3) is 5.91 Å². The molecule has 0 aliphatic rings. The van der Waals surface area contributed by atoms with Gasteiger partial charge >= 0.3 is 0 Å². The molecule has 0 atom stereocenters. The molecule has 0 saturated heterocycles. The molecule has 0 radical (unpaired) electrons. The van der Waals surface area contributed by atoms with Gasteiger partial charge in [-0.15, -0.1) is 11.8 Å². The zero-order chi connectivity index (χ0) is 24.3. The van der Waals surface area contributed by atoms with Crippen LogP contribution in [0.2, 0.25) is 5.02 Å². The third kappa shape index (κ3) is 6.77. The molecular weight excluding hydrogens is 473 g/mol. The first-order valence-electron chi connectivity index (χ1n) is 10.5. The quantitative estimate of drug-likeness (QED) is 0.256. The Morgan fingerprint density at radius 2 is 1.82 bits per heavy atom. The van der Waals surface area contributed by atoms with Gasteiger partial charge in [-0.25, -0.2) is 4.39 Å². The summed E-state index contributed by atoms with van der Waals surface area (Å²) in [4.78, 5) is 13.0. The van der Waals surface area contributed by atoms with Crippen LogP contribution in [0, 0.1) is 17.1 Å². The van der Waals surface area contributed by atoms with Gasteiger partial charge in [0.05, 0.1) is 17.3 Å². The number of carbonyl (C=O) groups excluding carboxylic acids is 1. The average molecular weight is 496 g/mol. The molecule has 0 spiro atoms.